The van der Waals surface area contributed by atoms with Crippen molar-refractivity contribution in [2.75, 3.05) is 13.1 Å². The second-order valence-corrected chi connectivity index (χ2v) is 6.88. The lowest BCUT2D eigenvalue weighted by molar-refractivity contribution is -0.388. The first kappa shape index (κ1) is 15.8. The van der Waals surface area contributed by atoms with Crippen molar-refractivity contribution in [1.82, 2.24) is 10.0 Å². The van der Waals surface area contributed by atoms with Crippen molar-refractivity contribution < 1.29 is 17.7 Å². The van der Waals surface area contributed by atoms with Crippen molar-refractivity contribution in [3.05, 3.63) is 34.1 Å². The Labute approximate surface area is 121 Å². The van der Waals surface area contributed by atoms with Crippen LogP contribution in [0.2, 0.25) is 0 Å². The van der Waals surface area contributed by atoms with E-state index in [0.29, 0.717) is 25.9 Å². The van der Waals surface area contributed by atoms with Gasteiger partial charge in [0.1, 0.15) is 5.82 Å². The second kappa shape index (κ2) is 5.66. The monoisotopic (exact) mass is 317 g/mol. The Morgan fingerprint density at radius 1 is 1.38 bits per heavy atom. The minimum Gasteiger partial charge on any atom is -0.317 e. The van der Waals surface area contributed by atoms with Gasteiger partial charge in [-0.15, -0.1) is 0 Å². The van der Waals surface area contributed by atoms with E-state index in [1.54, 1.807) is 6.92 Å². The molecule has 1 aliphatic heterocycles. The van der Waals surface area contributed by atoms with E-state index in [4.69, 9.17) is 0 Å². The number of hydrogen-bond donors (Lipinski definition) is 2. The van der Waals surface area contributed by atoms with Crippen LogP contribution >= 0.6 is 0 Å². The van der Waals surface area contributed by atoms with E-state index >= 15 is 0 Å². The van der Waals surface area contributed by atoms with Crippen molar-refractivity contribution in [1.29, 1.82) is 0 Å². The molecule has 1 heterocycles. The summed E-state index contributed by atoms with van der Waals surface area (Å²) in [6.45, 7) is 2.95. The van der Waals surface area contributed by atoms with E-state index in [1.165, 1.54) is 0 Å². The molecule has 0 bridgehead atoms. The van der Waals surface area contributed by atoms with Crippen LogP contribution in [0.1, 0.15) is 19.8 Å². The molecule has 0 unspecified atom stereocenters. The molecule has 1 saturated heterocycles. The summed E-state index contributed by atoms with van der Waals surface area (Å²) in [7, 11) is -4.32. The minimum atomic E-state index is -4.32. The maximum absolute atomic E-state index is 13.8. The Morgan fingerprint density at radius 3 is 2.57 bits per heavy atom. The van der Waals surface area contributed by atoms with Gasteiger partial charge in [-0.3, -0.25) is 10.1 Å². The summed E-state index contributed by atoms with van der Waals surface area (Å²) in [5.74, 6) is -1.13. The lowest BCUT2D eigenvalue weighted by atomic mass is 9.92. The summed E-state index contributed by atoms with van der Waals surface area (Å²) in [6.07, 6.45) is 1.04. The summed E-state index contributed by atoms with van der Waals surface area (Å²) >= 11 is 0. The van der Waals surface area contributed by atoms with Gasteiger partial charge in [0.05, 0.1) is 4.92 Å². The van der Waals surface area contributed by atoms with Crippen LogP contribution in [0.15, 0.2) is 23.1 Å². The summed E-state index contributed by atoms with van der Waals surface area (Å²) in [5.41, 5.74) is -1.51. The number of halogens is 1. The quantitative estimate of drug-likeness (QED) is 0.641. The number of nitrogens with one attached hydrogen (secondary N) is 2. The predicted molar refractivity (Wildman–Crippen MR) is 73.9 cm³/mol. The number of nitro benzene ring substituents is 1. The molecule has 9 heteroatoms. The van der Waals surface area contributed by atoms with Crippen LogP contribution in [-0.2, 0) is 10.0 Å². The zero-order valence-electron chi connectivity index (χ0n) is 11.4. The summed E-state index contributed by atoms with van der Waals surface area (Å²) in [4.78, 5) is 9.12. The smallest absolute Gasteiger partial charge is 0.292 e. The van der Waals surface area contributed by atoms with Gasteiger partial charge in [-0.2, -0.15) is 0 Å². The van der Waals surface area contributed by atoms with Gasteiger partial charge < -0.3 is 5.32 Å². The molecule has 0 amide bonds. The summed E-state index contributed by atoms with van der Waals surface area (Å²) < 4.78 is 41.0. The molecule has 1 aromatic carbocycles. The lowest BCUT2D eigenvalue weighted by Gasteiger charge is -2.34. The van der Waals surface area contributed by atoms with E-state index < -0.39 is 36.9 Å². The van der Waals surface area contributed by atoms with Crippen molar-refractivity contribution in [2.45, 2.75) is 30.2 Å². The Morgan fingerprint density at radius 2 is 2.00 bits per heavy atom. The molecule has 1 aliphatic rings. The predicted octanol–water partition coefficient (Wildman–Crippen LogP) is 1.15. The van der Waals surface area contributed by atoms with E-state index in [0.717, 1.165) is 18.2 Å². The Hall–Kier alpha value is -1.58. The first-order chi connectivity index (χ1) is 9.75. The Bertz CT molecular complexity index is 656. The molecule has 2 N–H and O–H groups in total. The van der Waals surface area contributed by atoms with Gasteiger partial charge in [-0.25, -0.2) is 17.5 Å². The Kier molecular flexibility index (Phi) is 4.26. The summed E-state index contributed by atoms with van der Waals surface area (Å²) in [5, 5.41) is 14.0. The molecule has 0 saturated carbocycles. The molecule has 2 rings (SSSR count). The minimum absolute atomic E-state index is 0.522. The molecule has 0 aliphatic carbocycles. The number of nitrogens with zero attached hydrogens (tertiary/aromatic N) is 1. The van der Waals surface area contributed by atoms with Crippen LogP contribution in [0.5, 0.6) is 0 Å². The average Bonchev–Trinajstić information content (AvgIpc) is 2.37. The molecule has 1 fully saturated rings. The number of benzene rings is 1. The van der Waals surface area contributed by atoms with E-state index in [-0.39, 0.29) is 0 Å². The molecule has 21 heavy (non-hydrogen) atoms. The molecule has 0 spiro atoms. The van der Waals surface area contributed by atoms with Crippen LogP contribution in [0.4, 0.5) is 10.1 Å². The molecule has 0 aromatic heterocycles. The highest BCUT2D eigenvalue weighted by Gasteiger charge is 2.37. The molecule has 0 atom stereocenters. The van der Waals surface area contributed by atoms with Crippen LogP contribution in [0, 0.1) is 15.9 Å². The highest BCUT2D eigenvalue weighted by molar-refractivity contribution is 7.89. The first-order valence-electron chi connectivity index (χ1n) is 6.43. The van der Waals surface area contributed by atoms with Gasteiger partial charge in [-0.05, 0) is 38.9 Å². The normalized spacial score (nSPS) is 18.4. The number of rotatable bonds is 4. The fraction of sp³-hybridized carbons (Fsp3) is 0.500. The molecule has 1 aromatic rings. The molecule has 0 radical (unpaired) electrons. The van der Waals surface area contributed by atoms with Gasteiger partial charge in [0.2, 0.25) is 0 Å². The molecule has 116 valence electrons. The fourth-order valence-corrected chi connectivity index (χ4v) is 4.06. The van der Waals surface area contributed by atoms with E-state index in [1.807, 2.05) is 0 Å². The van der Waals surface area contributed by atoms with Crippen molar-refractivity contribution in [3.63, 3.8) is 0 Å². The molecular formula is C12H16FN3O4S. The number of hydrogen-bond acceptors (Lipinski definition) is 5. The van der Waals surface area contributed by atoms with Gasteiger partial charge in [-0.1, -0.05) is 6.07 Å². The SMILES string of the molecule is CC1(NS(=O)(=O)c2c(F)cccc2[N+](=O)[O-])CCNCC1. The van der Waals surface area contributed by atoms with Crippen LogP contribution < -0.4 is 10.0 Å². The zero-order chi connectivity index (χ0) is 15.7. The maximum atomic E-state index is 13.8. The lowest BCUT2D eigenvalue weighted by Crippen LogP contribution is -2.52. The Balaban J connectivity index is 2.42. The third-order valence-electron chi connectivity index (χ3n) is 3.50. The van der Waals surface area contributed by atoms with Crippen LogP contribution in [0.25, 0.3) is 0 Å². The highest BCUT2D eigenvalue weighted by Crippen LogP contribution is 2.29. The fourth-order valence-electron chi connectivity index (χ4n) is 2.36. The van der Waals surface area contributed by atoms with Crippen molar-refractivity contribution in [3.8, 4) is 0 Å². The van der Waals surface area contributed by atoms with Crippen molar-refractivity contribution >= 4 is 15.7 Å². The molecule has 7 nitrogen and oxygen atoms in total. The third-order valence-corrected chi connectivity index (χ3v) is 5.20. The maximum Gasteiger partial charge on any atom is 0.292 e. The van der Waals surface area contributed by atoms with Crippen LogP contribution in [0.3, 0.4) is 0 Å². The van der Waals surface area contributed by atoms with E-state index in [9.17, 15) is 22.9 Å². The zero-order valence-corrected chi connectivity index (χ0v) is 12.2. The average molecular weight is 317 g/mol. The highest BCUT2D eigenvalue weighted by atomic mass is 32.2. The van der Waals surface area contributed by atoms with E-state index in [2.05, 4.69) is 10.0 Å². The van der Waals surface area contributed by atoms with Gasteiger partial charge in [0.25, 0.3) is 15.7 Å². The van der Waals surface area contributed by atoms with Gasteiger partial charge >= 0.3 is 0 Å². The van der Waals surface area contributed by atoms with Gasteiger partial charge in [0.15, 0.2) is 4.90 Å². The number of piperidine rings is 1. The van der Waals surface area contributed by atoms with Crippen LogP contribution in [-0.4, -0.2) is 32.0 Å². The second-order valence-electron chi connectivity index (χ2n) is 5.26. The number of sulfonamides is 1. The topological polar surface area (TPSA) is 101 Å². The standard InChI is InChI=1S/C12H16FN3O4S/c1-12(5-7-14-8-6-12)15-21(19,20)11-9(13)3-2-4-10(11)16(17)18/h2-4,14-15H,5-8H2,1H3. The first-order valence-corrected chi connectivity index (χ1v) is 7.91. The largest absolute Gasteiger partial charge is 0.317 e. The third kappa shape index (κ3) is 3.36. The van der Waals surface area contributed by atoms with Gasteiger partial charge in [0, 0.05) is 11.6 Å². The van der Waals surface area contributed by atoms with Crippen molar-refractivity contribution in [2.24, 2.45) is 0 Å². The number of nitro groups is 1. The summed E-state index contributed by atoms with van der Waals surface area (Å²) in [6, 6.07) is 2.98. The molecular weight excluding hydrogens is 301 g/mol.